The smallest absolute Gasteiger partial charge is 0.147 e. The highest BCUT2D eigenvalue weighted by Gasteiger charge is 2.37. The van der Waals surface area contributed by atoms with Crippen molar-refractivity contribution >= 4 is 44.4 Å². The molecule has 0 saturated carbocycles. The Hall–Kier alpha value is -6.19. The number of nitrogens with zero attached hydrogens (tertiary/aromatic N) is 3. The van der Waals surface area contributed by atoms with Crippen LogP contribution in [-0.4, -0.2) is 15.4 Å². The van der Waals surface area contributed by atoms with Crippen LogP contribution >= 0.6 is 0 Å². The molecule has 1 atom stereocenters. The van der Waals surface area contributed by atoms with Crippen molar-refractivity contribution in [3.63, 3.8) is 0 Å². The van der Waals surface area contributed by atoms with Gasteiger partial charge in [-0.25, -0.2) is 4.98 Å². The largest absolute Gasteiger partial charge is 0.318 e. The Morgan fingerprint density at radius 1 is 0.551 bits per heavy atom. The predicted molar refractivity (Wildman–Crippen MR) is 207 cm³/mol. The summed E-state index contributed by atoms with van der Waals surface area (Å²) >= 11 is 0. The maximum atomic E-state index is 5.46. The summed E-state index contributed by atoms with van der Waals surface area (Å²) in [7, 11) is 0. The van der Waals surface area contributed by atoms with E-state index in [4.69, 9.17) is 4.98 Å². The maximum Gasteiger partial charge on any atom is 0.147 e. The van der Waals surface area contributed by atoms with Gasteiger partial charge < -0.3 is 4.90 Å². The lowest BCUT2D eigenvalue weighted by molar-refractivity contribution is 0.894. The highest BCUT2D eigenvalue weighted by molar-refractivity contribution is 6.13. The minimum atomic E-state index is 0.0605. The van der Waals surface area contributed by atoms with Gasteiger partial charge in [-0.1, -0.05) is 140 Å². The minimum Gasteiger partial charge on any atom is -0.318 e. The van der Waals surface area contributed by atoms with E-state index in [-0.39, 0.29) is 6.04 Å². The molecule has 0 aliphatic carbocycles. The molecule has 0 amide bonds. The summed E-state index contributed by atoms with van der Waals surface area (Å²) in [6.07, 6.45) is 6.47. The molecule has 1 unspecified atom stereocenters. The summed E-state index contributed by atoms with van der Waals surface area (Å²) in [4.78, 5) is 7.96. The highest BCUT2D eigenvalue weighted by atomic mass is 15.3. The van der Waals surface area contributed by atoms with Crippen LogP contribution in [0.25, 0.3) is 66.3 Å². The van der Waals surface area contributed by atoms with Crippen LogP contribution in [0.1, 0.15) is 19.5 Å². The van der Waals surface area contributed by atoms with Gasteiger partial charge in [-0.15, -0.1) is 0 Å². The van der Waals surface area contributed by atoms with Crippen LogP contribution in [0.3, 0.4) is 0 Å². The third-order valence-corrected chi connectivity index (χ3v) is 9.87. The maximum absolute atomic E-state index is 5.46. The van der Waals surface area contributed by atoms with Crippen LogP contribution < -0.4 is 4.90 Å². The summed E-state index contributed by atoms with van der Waals surface area (Å²) in [5, 5.41) is 3.60. The van der Waals surface area contributed by atoms with Crippen LogP contribution in [0.2, 0.25) is 0 Å². The van der Waals surface area contributed by atoms with Gasteiger partial charge in [0.05, 0.1) is 11.6 Å². The minimum absolute atomic E-state index is 0.0605. The van der Waals surface area contributed by atoms with Crippen molar-refractivity contribution in [1.29, 1.82) is 0 Å². The first kappa shape index (κ1) is 29.0. The molecule has 234 valence electrons. The number of imidazole rings is 1. The molecular formula is C46H35N3. The van der Waals surface area contributed by atoms with Gasteiger partial charge in [-0.3, -0.25) is 4.40 Å². The van der Waals surface area contributed by atoms with Crippen molar-refractivity contribution in [2.24, 2.45) is 0 Å². The topological polar surface area (TPSA) is 20.5 Å². The second-order valence-electron chi connectivity index (χ2n) is 12.8. The SMILES string of the molecule is C/C=C\C=C1\c2nc3c4ccccc4c4ccccc4n3c2N(c2cc(-c3ccccc3)cc(-c3cccc(-c4ccccc4)c3)c2)C1C. The molecule has 0 N–H and O–H groups in total. The molecule has 0 radical (unpaired) electrons. The highest BCUT2D eigenvalue weighted by Crippen LogP contribution is 2.48. The average Bonchev–Trinajstić information content (AvgIpc) is 3.68. The molecule has 49 heavy (non-hydrogen) atoms. The monoisotopic (exact) mass is 629 g/mol. The van der Waals surface area contributed by atoms with Crippen molar-refractivity contribution in [3.05, 3.63) is 176 Å². The summed E-state index contributed by atoms with van der Waals surface area (Å²) in [6, 6.07) is 54.7. The lowest BCUT2D eigenvalue weighted by Crippen LogP contribution is -2.25. The van der Waals surface area contributed by atoms with Crippen molar-refractivity contribution in [2.45, 2.75) is 19.9 Å². The first-order valence-electron chi connectivity index (χ1n) is 17.0. The summed E-state index contributed by atoms with van der Waals surface area (Å²) in [5.41, 5.74) is 12.7. The number of anilines is 2. The van der Waals surface area contributed by atoms with Crippen molar-refractivity contribution in [3.8, 4) is 33.4 Å². The molecule has 3 nitrogen and oxygen atoms in total. The van der Waals surface area contributed by atoms with Gasteiger partial charge >= 0.3 is 0 Å². The van der Waals surface area contributed by atoms with Crippen LogP contribution in [-0.2, 0) is 0 Å². The summed E-state index contributed by atoms with van der Waals surface area (Å²) < 4.78 is 2.39. The fraction of sp³-hybridized carbons (Fsp3) is 0.0652. The lowest BCUT2D eigenvalue weighted by Gasteiger charge is -2.27. The van der Waals surface area contributed by atoms with E-state index >= 15 is 0 Å². The zero-order chi connectivity index (χ0) is 32.9. The van der Waals surface area contributed by atoms with Gasteiger partial charge in [0.25, 0.3) is 0 Å². The van der Waals surface area contributed by atoms with Gasteiger partial charge in [0, 0.05) is 22.0 Å². The molecule has 8 aromatic rings. The molecule has 0 saturated heterocycles. The standard InChI is InChI=1S/C46H35N3/c1-3-4-22-39-31(2)48(46-44(39)47-45-42-25-12-11-23-40(42)41-24-13-14-26-43(41)49(45)46)38-29-36(33-18-9-6-10-19-33)28-37(30-38)35-21-15-20-34(27-35)32-16-7-5-8-17-32/h3-31H,1-2H3/b4-3-,39-22+. The second kappa shape index (κ2) is 11.8. The Labute approximate surface area is 286 Å². The third kappa shape index (κ3) is 4.77. The quantitative estimate of drug-likeness (QED) is 0.177. The molecule has 9 rings (SSSR count). The van der Waals surface area contributed by atoms with E-state index in [0.717, 1.165) is 33.7 Å². The van der Waals surface area contributed by atoms with Crippen molar-refractivity contribution < 1.29 is 0 Å². The number of rotatable bonds is 5. The summed E-state index contributed by atoms with van der Waals surface area (Å²) in [5.74, 6) is 1.11. The van der Waals surface area contributed by atoms with E-state index in [1.807, 2.05) is 0 Å². The van der Waals surface area contributed by atoms with Crippen LogP contribution in [0, 0.1) is 0 Å². The van der Waals surface area contributed by atoms with Gasteiger partial charge in [0.2, 0.25) is 0 Å². The van der Waals surface area contributed by atoms with E-state index in [1.54, 1.807) is 0 Å². The van der Waals surface area contributed by atoms with Gasteiger partial charge in [0.1, 0.15) is 17.2 Å². The summed E-state index contributed by atoms with van der Waals surface area (Å²) in [6.45, 7) is 4.37. The fourth-order valence-electron chi connectivity index (χ4n) is 7.55. The van der Waals surface area contributed by atoms with Crippen LogP contribution in [0.4, 0.5) is 11.5 Å². The van der Waals surface area contributed by atoms with Gasteiger partial charge in [0.15, 0.2) is 0 Å². The number of allylic oxidation sites excluding steroid dienone is 3. The normalized spacial score (nSPS) is 15.3. The fourth-order valence-corrected chi connectivity index (χ4v) is 7.55. The average molecular weight is 630 g/mol. The number of hydrogen-bond acceptors (Lipinski definition) is 2. The molecule has 6 aromatic carbocycles. The van der Waals surface area contributed by atoms with Gasteiger partial charge in [-0.05, 0) is 82.9 Å². The van der Waals surface area contributed by atoms with Gasteiger partial charge in [-0.2, -0.15) is 0 Å². The molecule has 1 aliphatic rings. The van der Waals surface area contributed by atoms with E-state index < -0.39 is 0 Å². The second-order valence-corrected chi connectivity index (χ2v) is 12.8. The molecule has 0 fully saturated rings. The zero-order valence-electron chi connectivity index (χ0n) is 27.6. The Kier molecular flexibility index (Phi) is 6.98. The third-order valence-electron chi connectivity index (χ3n) is 9.87. The lowest BCUT2D eigenvalue weighted by atomic mass is 9.95. The number of fused-ring (bicyclic) bond motifs is 8. The molecule has 0 bridgehead atoms. The van der Waals surface area contributed by atoms with E-state index in [1.165, 1.54) is 49.7 Å². The molecule has 0 spiro atoms. The molecule has 1 aliphatic heterocycles. The van der Waals surface area contributed by atoms with Crippen LogP contribution in [0.5, 0.6) is 0 Å². The Balaban J connectivity index is 1.33. The molecule has 3 heterocycles. The molecule has 2 aromatic heterocycles. The van der Waals surface area contributed by atoms with E-state index in [2.05, 4.69) is 193 Å². The van der Waals surface area contributed by atoms with Crippen LogP contribution in [0.15, 0.2) is 170 Å². The Morgan fingerprint density at radius 2 is 1.10 bits per heavy atom. The van der Waals surface area contributed by atoms with Crippen molar-refractivity contribution in [2.75, 3.05) is 4.90 Å². The number of pyridine rings is 1. The van der Waals surface area contributed by atoms with E-state index in [9.17, 15) is 0 Å². The first-order chi connectivity index (χ1) is 24.2. The van der Waals surface area contributed by atoms with Crippen molar-refractivity contribution in [1.82, 2.24) is 9.38 Å². The molecular weight excluding hydrogens is 595 g/mol. The number of benzene rings is 6. The molecule has 3 heteroatoms. The predicted octanol–water partition coefficient (Wildman–Crippen LogP) is 12.1. The Morgan fingerprint density at radius 3 is 1.82 bits per heavy atom. The first-order valence-corrected chi connectivity index (χ1v) is 17.0. The number of para-hydroxylation sites is 1. The van der Waals surface area contributed by atoms with E-state index in [0.29, 0.717) is 0 Å². The zero-order valence-corrected chi connectivity index (χ0v) is 27.6. The number of aromatic nitrogens is 2. The number of hydrogen-bond donors (Lipinski definition) is 0. The Bertz CT molecular complexity index is 2570.